The van der Waals surface area contributed by atoms with Crippen LogP contribution in [0.3, 0.4) is 0 Å². The number of nitrogens with zero attached hydrogens (tertiary/aromatic N) is 1. The van der Waals surface area contributed by atoms with Gasteiger partial charge in [0.25, 0.3) is 11.6 Å². The molecule has 0 atom stereocenters. The van der Waals surface area contributed by atoms with E-state index in [0.717, 1.165) is 26.3 Å². The van der Waals surface area contributed by atoms with Gasteiger partial charge in [0.05, 0.1) is 9.82 Å². The van der Waals surface area contributed by atoms with E-state index in [1.54, 1.807) is 18.2 Å². The van der Waals surface area contributed by atoms with Crippen LogP contribution in [-0.2, 0) is 13.1 Å². The van der Waals surface area contributed by atoms with Crippen molar-refractivity contribution in [1.29, 1.82) is 0 Å². The number of amides is 1. The maximum absolute atomic E-state index is 12.0. The van der Waals surface area contributed by atoms with Crippen LogP contribution in [-0.4, -0.2) is 15.8 Å². The molecule has 156 valence electrons. The van der Waals surface area contributed by atoms with Gasteiger partial charge >= 0.3 is 0 Å². The van der Waals surface area contributed by atoms with E-state index >= 15 is 0 Å². The summed E-state index contributed by atoms with van der Waals surface area (Å²) in [5.74, 6) is -0.509. The van der Waals surface area contributed by atoms with Gasteiger partial charge in [-0.1, -0.05) is 60.3 Å². The summed E-state index contributed by atoms with van der Waals surface area (Å²) in [4.78, 5) is 27.7. The Morgan fingerprint density at radius 2 is 1.77 bits per heavy atom. The van der Waals surface area contributed by atoms with Gasteiger partial charge in [0.15, 0.2) is 0 Å². The van der Waals surface area contributed by atoms with Crippen molar-refractivity contribution in [2.75, 3.05) is 0 Å². The van der Waals surface area contributed by atoms with Gasteiger partial charge in [-0.2, -0.15) is 0 Å². The Morgan fingerprint density at radius 1 is 1.03 bits per heavy atom. The Labute approximate surface area is 182 Å². The molecule has 0 fully saturated rings. The molecule has 0 spiro atoms. The quantitative estimate of drug-likeness (QED) is 0.278. The van der Waals surface area contributed by atoms with Crippen LogP contribution in [0.25, 0.3) is 10.9 Å². The van der Waals surface area contributed by atoms with Crippen LogP contribution in [0.5, 0.6) is 0 Å². The molecule has 1 aromatic heterocycles. The second-order valence-corrected chi connectivity index (χ2v) is 8.06. The lowest BCUT2D eigenvalue weighted by Crippen LogP contribution is -2.13. The summed E-state index contributed by atoms with van der Waals surface area (Å²) in [6, 6.07) is 22.4. The number of carbonyl (C=O) groups excluding carboxylic acids is 1. The highest BCUT2D eigenvalue weighted by atomic mass is 32.2. The fraction of sp³-hybridized carbons (Fsp3) is 0.0870. The van der Waals surface area contributed by atoms with E-state index in [2.05, 4.69) is 10.3 Å². The largest absolute Gasteiger partial charge is 0.364 e. The van der Waals surface area contributed by atoms with E-state index in [1.807, 2.05) is 48.5 Å². The number of benzene rings is 3. The SMILES string of the molecule is NC(=O)c1[nH]c2cc(CNCc3ccccc3[N+](=O)[O-])ccc2c1Sc1ccccc1. The lowest BCUT2D eigenvalue weighted by molar-refractivity contribution is -0.385. The summed E-state index contributed by atoms with van der Waals surface area (Å²) in [5.41, 5.74) is 8.52. The molecule has 1 amide bonds. The normalized spacial score (nSPS) is 11.0. The van der Waals surface area contributed by atoms with Crippen LogP contribution in [0.2, 0.25) is 0 Å². The lowest BCUT2D eigenvalue weighted by atomic mass is 10.1. The molecule has 0 unspecified atom stereocenters. The smallest absolute Gasteiger partial charge is 0.273 e. The summed E-state index contributed by atoms with van der Waals surface area (Å²) < 4.78 is 0. The lowest BCUT2D eigenvalue weighted by Gasteiger charge is -2.07. The summed E-state index contributed by atoms with van der Waals surface area (Å²) >= 11 is 1.49. The molecule has 4 N–H and O–H groups in total. The molecule has 0 aliphatic heterocycles. The van der Waals surface area contributed by atoms with Gasteiger partial charge < -0.3 is 16.0 Å². The van der Waals surface area contributed by atoms with Crippen LogP contribution < -0.4 is 11.1 Å². The molecular formula is C23H20N4O3S. The second kappa shape index (κ2) is 9.03. The number of hydrogen-bond acceptors (Lipinski definition) is 5. The maximum Gasteiger partial charge on any atom is 0.273 e. The molecule has 4 rings (SSSR count). The minimum atomic E-state index is -0.509. The third-order valence-corrected chi connectivity index (χ3v) is 5.99. The molecule has 1 heterocycles. The van der Waals surface area contributed by atoms with Crippen molar-refractivity contribution in [1.82, 2.24) is 10.3 Å². The Hall–Kier alpha value is -3.62. The third kappa shape index (κ3) is 4.60. The standard InChI is InChI=1S/C23H20N4O3S/c24-23(28)21-22(31-17-7-2-1-3-8-17)18-11-10-15(12-19(18)26-21)13-25-14-16-6-4-5-9-20(16)27(29)30/h1-12,25-26H,13-14H2,(H2,24,28). The number of nitro groups is 1. The molecule has 0 bridgehead atoms. The highest BCUT2D eigenvalue weighted by Crippen LogP contribution is 2.36. The molecule has 4 aromatic rings. The van der Waals surface area contributed by atoms with Crippen molar-refractivity contribution in [3.8, 4) is 0 Å². The van der Waals surface area contributed by atoms with Crippen LogP contribution in [0.15, 0.2) is 82.6 Å². The van der Waals surface area contributed by atoms with Crippen molar-refractivity contribution < 1.29 is 9.72 Å². The molecule has 0 saturated carbocycles. The minimum absolute atomic E-state index is 0.100. The van der Waals surface area contributed by atoms with Crippen molar-refractivity contribution in [2.45, 2.75) is 22.9 Å². The third-order valence-electron chi connectivity index (χ3n) is 4.86. The topological polar surface area (TPSA) is 114 Å². The predicted octanol–water partition coefficient (Wildman–Crippen LogP) is 4.62. The molecule has 3 aromatic carbocycles. The number of primary amides is 1. The molecule has 7 nitrogen and oxygen atoms in total. The first-order chi connectivity index (χ1) is 15.0. The molecule has 0 saturated heterocycles. The van der Waals surface area contributed by atoms with Crippen molar-refractivity contribution in [2.24, 2.45) is 5.73 Å². The van der Waals surface area contributed by atoms with Gasteiger partial charge in [0.2, 0.25) is 0 Å². The zero-order valence-corrected chi connectivity index (χ0v) is 17.3. The van der Waals surface area contributed by atoms with Gasteiger partial charge in [-0.25, -0.2) is 0 Å². The first kappa shape index (κ1) is 20.6. The maximum atomic E-state index is 12.0. The van der Waals surface area contributed by atoms with Crippen LogP contribution in [0.4, 0.5) is 5.69 Å². The summed E-state index contributed by atoms with van der Waals surface area (Å²) in [6.07, 6.45) is 0. The Balaban J connectivity index is 1.55. The average Bonchev–Trinajstić information content (AvgIpc) is 3.12. The van der Waals surface area contributed by atoms with E-state index in [1.165, 1.54) is 17.8 Å². The molecule has 0 aliphatic carbocycles. The number of aromatic nitrogens is 1. The van der Waals surface area contributed by atoms with E-state index in [-0.39, 0.29) is 10.6 Å². The average molecular weight is 433 g/mol. The Bertz CT molecular complexity index is 1250. The van der Waals surface area contributed by atoms with Crippen molar-refractivity contribution in [3.05, 3.63) is 99.7 Å². The van der Waals surface area contributed by atoms with Crippen molar-refractivity contribution >= 4 is 34.3 Å². The Morgan fingerprint density at radius 3 is 2.52 bits per heavy atom. The zero-order valence-electron chi connectivity index (χ0n) is 16.5. The van der Waals surface area contributed by atoms with Gasteiger partial charge in [-0.05, 0) is 23.8 Å². The number of H-pyrrole nitrogens is 1. The Kier molecular flexibility index (Phi) is 6.01. The monoisotopic (exact) mass is 432 g/mol. The van der Waals surface area contributed by atoms with E-state index in [4.69, 9.17) is 5.73 Å². The molecular weight excluding hydrogens is 412 g/mol. The molecule has 0 aliphatic rings. The number of hydrogen-bond donors (Lipinski definition) is 3. The van der Waals surface area contributed by atoms with Gasteiger partial charge in [-0.3, -0.25) is 14.9 Å². The van der Waals surface area contributed by atoms with Crippen molar-refractivity contribution in [3.63, 3.8) is 0 Å². The number of nitrogens with two attached hydrogens (primary N) is 1. The summed E-state index contributed by atoms with van der Waals surface area (Å²) in [7, 11) is 0. The van der Waals surface area contributed by atoms with E-state index < -0.39 is 5.91 Å². The highest BCUT2D eigenvalue weighted by molar-refractivity contribution is 7.99. The second-order valence-electron chi connectivity index (χ2n) is 6.98. The first-order valence-corrected chi connectivity index (χ1v) is 10.4. The van der Waals surface area contributed by atoms with Crippen LogP contribution in [0.1, 0.15) is 21.6 Å². The highest BCUT2D eigenvalue weighted by Gasteiger charge is 2.17. The van der Waals surface area contributed by atoms with Gasteiger partial charge in [-0.15, -0.1) is 0 Å². The number of nitrogens with one attached hydrogen (secondary N) is 2. The number of nitro benzene ring substituents is 1. The first-order valence-electron chi connectivity index (χ1n) is 9.63. The molecule has 8 heteroatoms. The van der Waals surface area contributed by atoms with Gasteiger partial charge in [0.1, 0.15) is 5.69 Å². The van der Waals surface area contributed by atoms with E-state index in [9.17, 15) is 14.9 Å². The predicted molar refractivity (Wildman–Crippen MR) is 121 cm³/mol. The summed E-state index contributed by atoms with van der Waals surface area (Å²) in [6.45, 7) is 0.898. The molecule has 31 heavy (non-hydrogen) atoms. The number of fused-ring (bicyclic) bond motifs is 1. The number of carbonyl (C=O) groups is 1. The number of rotatable bonds is 8. The number of aromatic amines is 1. The summed E-state index contributed by atoms with van der Waals surface area (Å²) in [5, 5.41) is 15.3. The fourth-order valence-corrected chi connectivity index (χ4v) is 4.47. The number of para-hydroxylation sites is 1. The zero-order chi connectivity index (χ0) is 21.8. The van der Waals surface area contributed by atoms with Crippen LogP contribution >= 0.6 is 11.8 Å². The van der Waals surface area contributed by atoms with Crippen LogP contribution in [0, 0.1) is 10.1 Å². The molecule has 0 radical (unpaired) electrons. The minimum Gasteiger partial charge on any atom is -0.364 e. The fourth-order valence-electron chi connectivity index (χ4n) is 3.39. The van der Waals surface area contributed by atoms with Gasteiger partial charge in [0, 0.05) is 40.5 Å². The van der Waals surface area contributed by atoms with E-state index in [0.29, 0.717) is 24.3 Å².